The van der Waals surface area contributed by atoms with Crippen molar-refractivity contribution < 1.29 is 8.42 Å². The molecular weight excluding hydrogens is 398 g/mol. The fourth-order valence-corrected chi connectivity index (χ4v) is 5.33. The van der Waals surface area contributed by atoms with Crippen LogP contribution in [0.4, 0.5) is 5.82 Å². The van der Waals surface area contributed by atoms with Gasteiger partial charge in [-0.05, 0) is 30.0 Å². The summed E-state index contributed by atoms with van der Waals surface area (Å²) in [6, 6.07) is 10.0. The summed E-state index contributed by atoms with van der Waals surface area (Å²) in [4.78, 5) is 11.4. The first-order valence-electron chi connectivity index (χ1n) is 9.11. The summed E-state index contributed by atoms with van der Waals surface area (Å²) in [5, 5.41) is 0.558. The first-order chi connectivity index (χ1) is 13.3. The number of halogens is 1. The molecule has 2 fully saturated rings. The van der Waals surface area contributed by atoms with Crippen molar-refractivity contribution >= 4 is 38.5 Å². The van der Waals surface area contributed by atoms with Crippen LogP contribution >= 0.6 is 11.6 Å². The first kappa shape index (κ1) is 17.9. The lowest BCUT2D eigenvalue weighted by Crippen LogP contribution is -2.34. The second kappa shape index (κ2) is 6.17. The van der Waals surface area contributed by atoms with Crippen molar-refractivity contribution in [2.45, 2.75) is 6.04 Å². The predicted molar refractivity (Wildman–Crippen MR) is 110 cm³/mol. The minimum absolute atomic E-state index is 0.0536. The number of para-hydroxylation sites is 2. The normalized spacial score (nSPS) is 24.0. The van der Waals surface area contributed by atoms with E-state index in [-0.39, 0.29) is 6.04 Å². The van der Waals surface area contributed by atoms with Gasteiger partial charge in [-0.3, -0.25) is 0 Å². The summed E-state index contributed by atoms with van der Waals surface area (Å²) in [6.45, 7) is 1.57. The van der Waals surface area contributed by atoms with Gasteiger partial charge < -0.3 is 9.47 Å². The van der Waals surface area contributed by atoms with Crippen LogP contribution < -0.4 is 9.62 Å². The Bertz CT molecular complexity index is 1180. The molecule has 9 heteroatoms. The van der Waals surface area contributed by atoms with Gasteiger partial charge in [-0.1, -0.05) is 23.7 Å². The van der Waals surface area contributed by atoms with E-state index >= 15 is 0 Å². The number of rotatable bonds is 4. The van der Waals surface area contributed by atoms with E-state index in [0.29, 0.717) is 16.9 Å². The molecule has 0 spiro atoms. The van der Waals surface area contributed by atoms with E-state index in [2.05, 4.69) is 14.6 Å². The zero-order valence-electron chi connectivity index (χ0n) is 15.5. The zero-order valence-corrected chi connectivity index (χ0v) is 17.1. The van der Waals surface area contributed by atoms with Gasteiger partial charge in [-0.25, -0.2) is 23.1 Å². The van der Waals surface area contributed by atoms with Gasteiger partial charge >= 0.3 is 0 Å². The van der Waals surface area contributed by atoms with Crippen LogP contribution in [0, 0.1) is 11.8 Å². The van der Waals surface area contributed by atoms with E-state index in [9.17, 15) is 8.42 Å². The molecule has 3 atom stereocenters. The number of imidazole rings is 1. The zero-order chi connectivity index (χ0) is 19.6. The van der Waals surface area contributed by atoms with Crippen LogP contribution in [-0.2, 0) is 17.1 Å². The van der Waals surface area contributed by atoms with Crippen LogP contribution in [0.25, 0.3) is 22.4 Å². The van der Waals surface area contributed by atoms with Gasteiger partial charge in [0, 0.05) is 37.9 Å². The first-order valence-corrected chi connectivity index (χ1v) is 11.4. The SMILES string of the molecule is Cn1c(-c2cc(N3C[C@@H]4[C@H](C3)[C@@H]4NS(C)(=O)=O)ncc2Cl)nc2ccccc21. The third-order valence-electron chi connectivity index (χ3n) is 5.74. The van der Waals surface area contributed by atoms with E-state index in [4.69, 9.17) is 16.6 Å². The number of nitrogens with zero attached hydrogens (tertiary/aromatic N) is 4. The molecule has 1 saturated carbocycles. The topological polar surface area (TPSA) is 80.1 Å². The Morgan fingerprint density at radius 2 is 1.93 bits per heavy atom. The van der Waals surface area contributed by atoms with E-state index in [1.807, 2.05) is 41.9 Å². The van der Waals surface area contributed by atoms with Crippen LogP contribution in [0.3, 0.4) is 0 Å². The molecule has 1 N–H and O–H groups in total. The molecule has 3 heterocycles. The second-order valence-corrected chi connectivity index (χ2v) is 9.84. The van der Waals surface area contributed by atoms with Crippen LogP contribution in [0.5, 0.6) is 0 Å². The van der Waals surface area contributed by atoms with Crippen LogP contribution in [0.2, 0.25) is 5.02 Å². The largest absolute Gasteiger partial charge is 0.356 e. The Kier molecular flexibility index (Phi) is 3.94. The summed E-state index contributed by atoms with van der Waals surface area (Å²) >= 11 is 6.46. The minimum Gasteiger partial charge on any atom is -0.356 e. The Balaban J connectivity index is 1.43. The van der Waals surface area contributed by atoms with Gasteiger partial charge in [0.15, 0.2) is 0 Å². The fourth-order valence-electron chi connectivity index (χ4n) is 4.29. The molecule has 2 aliphatic rings. The summed E-state index contributed by atoms with van der Waals surface area (Å²) in [7, 11) is -1.18. The van der Waals surface area contributed by atoms with Crippen LogP contribution in [0.15, 0.2) is 36.5 Å². The predicted octanol–water partition coefficient (Wildman–Crippen LogP) is 2.27. The number of nitrogens with one attached hydrogen (secondary N) is 1. The highest BCUT2D eigenvalue weighted by atomic mass is 35.5. The molecule has 1 saturated heterocycles. The molecular formula is C19H20ClN5O2S. The number of pyridine rings is 1. The van der Waals surface area contributed by atoms with Gasteiger partial charge in [0.2, 0.25) is 10.0 Å². The summed E-state index contributed by atoms with van der Waals surface area (Å²) < 4.78 is 27.7. The van der Waals surface area contributed by atoms with Gasteiger partial charge in [0.25, 0.3) is 0 Å². The fraction of sp³-hybridized carbons (Fsp3) is 0.368. The van der Waals surface area contributed by atoms with E-state index in [1.54, 1.807) is 6.20 Å². The van der Waals surface area contributed by atoms with Gasteiger partial charge in [-0.2, -0.15) is 0 Å². The Labute approximate surface area is 168 Å². The number of anilines is 1. The Hall–Kier alpha value is -2.16. The Morgan fingerprint density at radius 3 is 2.61 bits per heavy atom. The Morgan fingerprint density at radius 1 is 1.21 bits per heavy atom. The third kappa shape index (κ3) is 2.96. The summed E-state index contributed by atoms with van der Waals surface area (Å²) in [5.41, 5.74) is 2.81. The maximum absolute atomic E-state index is 11.4. The third-order valence-corrected chi connectivity index (χ3v) is 6.74. The highest BCUT2D eigenvalue weighted by Gasteiger charge is 2.57. The molecule has 0 bridgehead atoms. The minimum atomic E-state index is -3.16. The average molecular weight is 418 g/mol. The van der Waals surface area contributed by atoms with Gasteiger partial charge in [-0.15, -0.1) is 0 Å². The van der Waals surface area contributed by atoms with E-state index in [1.165, 1.54) is 6.26 Å². The number of aromatic nitrogens is 3. The number of benzene rings is 1. The molecule has 3 aromatic rings. The molecule has 2 aromatic heterocycles. The molecule has 0 radical (unpaired) electrons. The number of fused-ring (bicyclic) bond motifs is 2. The molecule has 1 aliphatic carbocycles. The van der Waals surface area contributed by atoms with E-state index < -0.39 is 10.0 Å². The summed E-state index contributed by atoms with van der Waals surface area (Å²) in [6.07, 6.45) is 2.88. The van der Waals surface area contributed by atoms with E-state index in [0.717, 1.165) is 41.3 Å². The van der Waals surface area contributed by atoms with Crippen LogP contribution in [-0.4, -0.2) is 48.3 Å². The molecule has 5 rings (SSSR count). The smallest absolute Gasteiger partial charge is 0.208 e. The monoisotopic (exact) mass is 417 g/mol. The maximum atomic E-state index is 11.4. The van der Waals surface area contributed by atoms with Crippen molar-refractivity contribution in [2.24, 2.45) is 18.9 Å². The van der Waals surface area contributed by atoms with Crippen molar-refractivity contribution in [1.29, 1.82) is 0 Å². The molecule has 1 aliphatic heterocycles. The standard InChI is InChI=1S/C19H20ClN5O2S/c1-24-16-6-4-3-5-15(16)22-19(24)11-7-17(21-8-14(11)20)25-9-12-13(10-25)18(12)23-28(2,26)27/h3-8,12-13,18,23H,9-10H2,1-2H3/t12-,13+,18-. The average Bonchev–Trinajstić information content (AvgIpc) is 2.99. The quantitative estimate of drug-likeness (QED) is 0.704. The van der Waals surface area contributed by atoms with Crippen molar-refractivity contribution in [3.63, 3.8) is 0 Å². The maximum Gasteiger partial charge on any atom is 0.208 e. The molecule has 0 unspecified atom stereocenters. The van der Waals surface area contributed by atoms with Crippen molar-refractivity contribution in [3.8, 4) is 11.4 Å². The lowest BCUT2D eigenvalue weighted by molar-refractivity contribution is 0.576. The highest BCUT2D eigenvalue weighted by Crippen LogP contribution is 2.47. The lowest BCUT2D eigenvalue weighted by Gasteiger charge is -2.21. The number of piperidine rings is 1. The number of hydrogen-bond donors (Lipinski definition) is 1. The van der Waals surface area contributed by atoms with Crippen molar-refractivity contribution in [3.05, 3.63) is 41.6 Å². The van der Waals surface area contributed by atoms with Crippen molar-refractivity contribution in [2.75, 3.05) is 24.2 Å². The number of aryl methyl sites for hydroxylation is 1. The van der Waals surface area contributed by atoms with Crippen molar-refractivity contribution in [1.82, 2.24) is 19.3 Å². The second-order valence-electron chi connectivity index (χ2n) is 7.65. The molecule has 146 valence electrons. The molecule has 0 amide bonds. The lowest BCUT2D eigenvalue weighted by atomic mass is 10.2. The molecule has 28 heavy (non-hydrogen) atoms. The molecule has 7 nitrogen and oxygen atoms in total. The summed E-state index contributed by atoms with van der Waals surface area (Å²) in [5.74, 6) is 2.32. The van der Waals surface area contributed by atoms with Crippen LogP contribution in [0.1, 0.15) is 0 Å². The number of sulfonamides is 1. The molecule has 1 aromatic carbocycles. The van der Waals surface area contributed by atoms with Gasteiger partial charge in [0.1, 0.15) is 11.6 Å². The van der Waals surface area contributed by atoms with Gasteiger partial charge in [0.05, 0.1) is 22.3 Å². The highest BCUT2D eigenvalue weighted by molar-refractivity contribution is 7.88. The number of hydrogen-bond acceptors (Lipinski definition) is 5.